The minimum absolute atomic E-state index is 0.149. The van der Waals surface area contributed by atoms with Gasteiger partial charge in [-0.25, -0.2) is 8.42 Å². The van der Waals surface area contributed by atoms with Crippen LogP contribution in [-0.2, 0) is 16.4 Å². The first-order chi connectivity index (χ1) is 12.5. The molecule has 1 aromatic carbocycles. The van der Waals surface area contributed by atoms with Crippen molar-refractivity contribution >= 4 is 21.6 Å². The van der Waals surface area contributed by atoms with Gasteiger partial charge in [0.05, 0.1) is 5.75 Å². The molecule has 0 amide bonds. The Morgan fingerprint density at radius 1 is 1.27 bits per heavy atom. The molecule has 0 saturated carbocycles. The van der Waals surface area contributed by atoms with Crippen molar-refractivity contribution in [2.45, 2.75) is 51.1 Å². The standard InChI is InChI=1S/C20H29ClN2O2S/c1-15-5-2-6-16-8-11-22-14-17-7-3-10-23(26(24,25)12-4-9-21)18(17)13-19(22)20(15)16/h2,5-6,17-19H,3-4,7-14H2,1H3/t17-,18+,19-/m0/s1. The summed E-state index contributed by atoms with van der Waals surface area (Å²) in [7, 11) is -3.21. The maximum absolute atomic E-state index is 12.9. The van der Waals surface area contributed by atoms with Crippen LogP contribution < -0.4 is 0 Å². The molecule has 0 bridgehead atoms. The van der Waals surface area contributed by atoms with Gasteiger partial charge < -0.3 is 0 Å². The second kappa shape index (κ2) is 7.42. The lowest BCUT2D eigenvalue weighted by atomic mass is 9.76. The highest BCUT2D eigenvalue weighted by Gasteiger charge is 2.45. The molecule has 144 valence electrons. The normalized spacial score (nSPS) is 29.7. The summed E-state index contributed by atoms with van der Waals surface area (Å²) in [5.74, 6) is 1.06. The lowest BCUT2D eigenvalue weighted by molar-refractivity contribution is 0.0217. The molecule has 3 aliphatic rings. The number of halogens is 1. The van der Waals surface area contributed by atoms with Crippen molar-refractivity contribution in [3.8, 4) is 0 Å². The molecule has 4 rings (SSSR count). The molecule has 3 atom stereocenters. The number of nitrogens with zero attached hydrogens (tertiary/aromatic N) is 2. The third-order valence-electron chi connectivity index (χ3n) is 6.55. The minimum Gasteiger partial charge on any atom is -0.296 e. The van der Waals surface area contributed by atoms with Crippen LogP contribution in [-0.4, -0.2) is 54.9 Å². The highest BCUT2D eigenvalue weighted by molar-refractivity contribution is 7.89. The van der Waals surface area contributed by atoms with Gasteiger partial charge in [0, 0.05) is 37.6 Å². The van der Waals surface area contributed by atoms with Crippen LogP contribution in [0.15, 0.2) is 18.2 Å². The van der Waals surface area contributed by atoms with E-state index in [1.165, 1.54) is 16.7 Å². The fraction of sp³-hybridized carbons (Fsp3) is 0.700. The van der Waals surface area contributed by atoms with Gasteiger partial charge in [-0.15, -0.1) is 11.6 Å². The van der Waals surface area contributed by atoms with Crippen LogP contribution >= 0.6 is 11.6 Å². The van der Waals surface area contributed by atoms with Gasteiger partial charge in [0.25, 0.3) is 0 Å². The maximum atomic E-state index is 12.9. The molecule has 4 nitrogen and oxygen atoms in total. The predicted octanol–water partition coefficient (Wildman–Crippen LogP) is 3.34. The summed E-state index contributed by atoms with van der Waals surface area (Å²) in [4.78, 5) is 2.62. The van der Waals surface area contributed by atoms with E-state index in [1.807, 2.05) is 4.31 Å². The first-order valence-corrected chi connectivity index (χ1v) is 12.0. The Bertz CT molecular complexity index is 767. The average Bonchev–Trinajstić information content (AvgIpc) is 2.64. The van der Waals surface area contributed by atoms with Gasteiger partial charge in [-0.2, -0.15) is 4.31 Å². The zero-order valence-corrected chi connectivity index (χ0v) is 17.1. The van der Waals surface area contributed by atoms with Crippen molar-refractivity contribution in [3.63, 3.8) is 0 Å². The van der Waals surface area contributed by atoms with Crippen LogP contribution in [0, 0.1) is 12.8 Å². The molecule has 0 aromatic heterocycles. The predicted molar refractivity (Wildman–Crippen MR) is 106 cm³/mol. The van der Waals surface area contributed by atoms with Crippen LogP contribution in [0.25, 0.3) is 0 Å². The zero-order valence-electron chi connectivity index (χ0n) is 15.5. The van der Waals surface area contributed by atoms with E-state index in [4.69, 9.17) is 11.6 Å². The van der Waals surface area contributed by atoms with E-state index in [-0.39, 0.29) is 11.8 Å². The van der Waals surface area contributed by atoms with Crippen molar-refractivity contribution in [1.82, 2.24) is 9.21 Å². The number of benzene rings is 1. The van der Waals surface area contributed by atoms with Gasteiger partial charge in [-0.05, 0) is 61.6 Å². The molecule has 0 unspecified atom stereocenters. The molecule has 2 fully saturated rings. The number of piperidine rings is 2. The summed E-state index contributed by atoms with van der Waals surface area (Å²) in [5, 5.41) is 0. The second-order valence-electron chi connectivity index (χ2n) is 8.08. The molecular formula is C20H29ClN2O2S. The lowest BCUT2D eigenvalue weighted by Crippen LogP contribution is -2.57. The number of sulfonamides is 1. The smallest absolute Gasteiger partial charge is 0.214 e. The molecule has 0 aliphatic carbocycles. The number of fused-ring (bicyclic) bond motifs is 4. The molecule has 3 heterocycles. The Labute approximate surface area is 162 Å². The highest BCUT2D eigenvalue weighted by Crippen LogP contribution is 2.44. The highest BCUT2D eigenvalue weighted by atomic mass is 35.5. The van der Waals surface area contributed by atoms with Crippen molar-refractivity contribution in [3.05, 3.63) is 34.9 Å². The zero-order chi connectivity index (χ0) is 18.3. The van der Waals surface area contributed by atoms with E-state index in [0.717, 1.165) is 38.8 Å². The van der Waals surface area contributed by atoms with Gasteiger partial charge in [-0.3, -0.25) is 4.90 Å². The number of aryl methyl sites for hydroxylation is 1. The average molecular weight is 397 g/mol. The number of hydrogen-bond donors (Lipinski definition) is 0. The lowest BCUT2D eigenvalue weighted by Gasteiger charge is -2.52. The number of rotatable bonds is 4. The molecule has 0 N–H and O–H groups in total. The van der Waals surface area contributed by atoms with Gasteiger partial charge in [0.2, 0.25) is 10.0 Å². The molecule has 2 saturated heterocycles. The van der Waals surface area contributed by atoms with Crippen molar-refractivity contribution in [2.24, 2.45) is 5.92 Å². The maximum Gasteiger partial charge on any atom is 0.214 e. The minimum atomic E-state index is -3.21. The van der Waals surface area contributed by atoms with Crippen LogP contribution in [0.3, 0.4) is 0 Å². The molecule has 1 aromatic rings. The monoisotopic (exact) mass is 396 g/mol. The van der Waals surface area contributed by atoms with Gasteiger partial charge in [-0.1, -0.05) is 18.2 Å². The Kier molecular flexibility index (Phi) is 5.35. The largest absolute Gasteiger partial charge is 0.296 e. The number of alkyl halides is 1. The summed E-state index contributed by atoms with van der Waals surface area (Å²) < 4.78 is 27.7. The summed E-state index contributed by atoms with van der Waals surface area (Å²) in [6.07, 6.45) is 4.71. The van der Waals surface area contributed by atoms with E-state index >= 15 is 0 Å². The Morgan fingerprint density at radius 2 is 2.12 bits per heavy atom. The van der Waals surface area contributed by atoms with Crippen LogP contribution in [0.1, 0.15) is 48.4 Å². The fourth-order valence-electron chi connectivity index (χ4n) is 5.38. The van der Waals surface area contributed by atoms with E-state index in [9.17, 15) is 8.42 Å². The van der Waals surface area contributed by atoms with Gasteiger partial charge in [0.1, 0.15) is 0 Å². The number of hydrogen-bond acceptors (Lipinski definition) is 3. The summed E-state index contributed by atoms with van der Waals surface area (Å²) in [6.45, 7) is 5.01. The molecular weight excluding hydrogens is 368 g/mol. The topological polar surface area (TPSA) is 40.6 Å². The molecule has 0 spiro atoms. The fourth-order valence-corrected chi connectivity index (χ4v) is 7.49. The third kappa shape index (κ3) is 3.32. The summed E-state index contributed by atoms with van der Waals surface area (Å²) in [5.41, 5.74) is 4.26. The quantitative estimate of drug-likeness (QED) is 0.733. The first-order valence-electron chi connectivity index (χ1n) is 9.89. The molecule has 3 aliphatic heterocycles. The van der Waals surface area contributed by atoms with E-state index in [1.54, 1.807) is 0 Å². The Morgan fingerprint density at radius 3 is 2.92 bits per heavy atom. The third-order valence-corrected chi connectivity index (χ3v) is 8.79. The summed E-state index contributed by atoms with van der Waals surface area (Å²) >= 11 is 5.76. The van der Waals surface area contributed by atoms with E-state index in [2.05, 4.69) is 30.0 Å². The summed E-state index contributed by atoms with van der Waals surface area (Å²) in [6, 6.07) is 7.12. The molecule has 0 radical (unpaired) electrons. The van der Waals surface area contributed by atoms with Crippen molar-refractivity contribution < 1.29 is 8.42 Å². The van der Waals surface area contributed by atoms with E-state index in [0.29, 0.717) is 30.8 Å². The second-order valence-corrected chi connectivity index (χ2v) is 10.5. The van der Waals surface area contributed by atoms with Crippen molar-refractivity contribution in [1.29, 1.82) is 0 Å². The Hall–Kier alpha value is -0.620. The van der Waals surface area contributed by atoms with Crippen LogP contribution in [0.4, 0.5) is 0 Å². The first kappa shape index (κ1) is 18.7. The van der Waals surface area contributed by atoms with E-state index < -0.39 is 10.0 Å². The van der Waals surface area contributed by atoms with Crippen molar-refractivity contribution in [2.75, 3.05) is 31.3 Å². The van der Waals surface area contributed by atoms with Gasteiger partial charge >= 0.3 is 0 Å². The Balaban J connectivity index is 1.63. The SMILES string of the molecule is Cc1cccc2c1[C@@H]1C[C@@H]3[C@@H](CCCN3S(=O)(=O)CCCCl)CN1CC2. The molecule has 26 heavy (non-hydrogen) atoms. The molecule has 6 heteroatoms. The van der Waals surface area contributed by atoms with Gasteiger partial charge in [0.15, 0.2) is 0 Å². The van der Waals surface area contributed by atoms with Crippen LogP contribution in [0.2, 0.25) is 0 Å². The van der Waals surface area contributed by atoms with Crippen LogP contribution in [0.5, 0.6) is 0 Å².